The molecular weight excluding hydrogens is 606 g/mol. The van der Waals surface area contributed by atoms with Crippen molar-refractivity contribution in [1.82, 2.24) is 24.4 Å². The third-order valence-electron chi connectivity index (χ3n) is 8.30. The Labute approximate surface area is 269 Å². The first-order chi connectivity index (χ1) is 22.1. The van der Waals surface area contributed by atoms with Crippen LogP contribution in [0.5, 0.6) is 5.88 Å². The highest BCUT2D eigenvalue weighted by molar-refractivity contribution is 7.89. The Balaban J connectivity index is 1.47. The Hall–Kier alpha value is -4.39. The lowest BCUT2D eigenvalue weighted by Gasteiger charge is -2.18. The fraction of sp³-hybridized carbons (Fsp3) is 0.353. The molecule has 242 valence electrons. The average Bonchev–Trinajstić information content (AvgIpc) is 3.59. The van der Waals surface area contributed by atoms with Gasteiger partial charge < -0.3 is 14.4 Å². The zero-order valence-corrected chi connectivity index (χ0v) is 27.3. The van der Waals surface area contributed by atoms with Crippen LogP contribution < -0.4 is 9.46 Å². The third kappa shape index (κ3) is 7.69. The Morgan fingerprint density at radius 2 is 1.72 bits per heavy atom. The molecule has 1 N–H and O–H groups in total. The maximum absolute atomic E-state index is 13.9. The normalized spacial score (nSPS) is 16.8. The number of amides is 1. The van der Waals surface area contributed by atoms with E-state index in [0.717, 1.165) is 42.8 Å². The van der Waals surface area contributed by atoms with E-state index in [1.54, 1.807) is 11.8 Å². The molecule has 1 amide bonds. The van der Waals surface area contributed by atoms with Crippen LogP contribution in [0.25, 0.3) is 16.9 Å². The summed E-state index contributed by atoms with van der Waals surface area (Å²) in [6, 6.07) is 21.4. The van der Waals surface area contributed by atoms with Gasteiger partial charge in [-0.25, -0.2) is 22.8 Å². The van der Waals surface area contributed by atoms with Crippen LogP contribution in [0.3, 0.4) is 0 Å². The molecule has 3 heterocycles. The minimum atomic E-state index is -3.82. The van der Waals surface area contributed by atoms with E-state index >= 15 is 0 Å². The zero-order chi connectivity index (χ0) is 32.8. The first-order valence-electron chi connectivity index (χ1n) is 15.1. The van der Waals surface area contributed by atoms with Crippen molar-refractivity contribution in [2.75, 3.05) is 46.7 Å². The number of carbonyl (C=O) groups is 2. The number of nitrogens with zero attached hydrogens (tertiary/aromatic N) is 4. The number of methoxy groups -OCH3 is 2. The first kappa shape index (κ1) is 33.0. The predicted octanol–water partition coefficient (Wildman–Crippen LogP) is 3.80. The average molecular weight is 646 g/mol. The largest absolute Gasteiger partial charge is 0.480 e. The van der Waals surface area contributed by atoms with E-state index in [1.807, 2.05) is 60.2 Å². The molecule has 2 atom stereocenters. The van der Waals surface area contributed by atoms with Crippen LogP contribution in [0.4, 0.5) is 0 Å². The highest BCUT2D eigenvalue weighted by atomic mass is 32.2. The number of pyridine rings is 1. The standard InChI is InChI=1S/C34H39N5O6S/c1-23-31(19-28(40)17-26-21-38(15-16-44-2)22-30(26)24-11-7-5-8-12-24)39(27-13-9-6-10-14-27)36-32(23)25-18-29(34(45-3)35-20-25)33(41)37-46(4,42)43/h5-14,18,20,26,30H,15-17,19,21-22H2,1-4H3,(H,37,41)/t26-,30+/m1/s1. The summed E-state index contributed by atoms with van der Waals surface area (Å²) in [6.07, 6.45) is 2.99. The highest BCUT2D eigenvalue weighted by Gasteiger charge is 2.35. The maximum atomic E-state index is 13.9. The molecule has 1 saturated heterocycles. The monoisotopic (exact) mass is 645 g/mol. The Bertz CT molecular complexity index is 1790. The molecule has 0 saturated carbocycles. The van der Waals surface area contributed by atoms with E-state index in [2.05, 4.69) is 22.0 Å². The molecule has 0 unspecified atom stereocenters. The summed E-state index contributed by atoms with van der Waals surface area (Å²) in [5, 5.41) is 4.89. The number of benzene rings is 2. The van der Waals surface area contributed by atoms with Crippen molar-refractivity contribution in [3.63, 3.8) is 0 Å². The van der Waals surface area contributed by atoms with Gasteiger partial charge in [0.15, 0.2) is 0 Å². The lowest BCUT2D eigenvalue weighted by molar-refractivity contribution is -0.119. The summed E-state index contributed by atoms with van der Waals surface area (Å²) in [6.45, 7) is 5.02. The van der Waals surface area contributed by atoms with Crippen molar-refractivity contribution in [1.29, 1.82) is 0 Å². The number of rotatable bonds is 13. The Morgan fingerprint density at radius 3 is 2.37 bits per heavy atom. The molecule has 0 bridgehead atoms. The number of sulfonamides is 1. The first-order valence-corrected chi connectivity index (χ1v) is 17.0. The second kappa shape index (κ2) is 14.4. The second-order valence-electron chi connectivity index (χ2n) is 11.6. The molecule has 0 spiro atoms. The molecule has 11 nitrogen and oxygen atoms in total. The summed E-state index contributed by atoms with van der Waals surface area (Å²) in [5.41, 5.74) is 4.45. The van der Waals surface area contributed by atoms with Gasteiger partial charge in [0, 0.05) is 57.3 Å². The summed E-state index contributed by atoms with van der Waals surface area (Å²) < 4.78 is 37.8. The van der Waals surface area contributed by atoms with Gasteiger partial charge in [-0.3, -0.25) is 9.59 Å². The van der Waals surface area contributed by atoms with E-state index in [1.165, 1.54) is 24.9 Å². The summed E-state index contributed by atoms with van der Waals surface area (Å²) in [7, 11) is -0.775. The van der Waals surface area contributed by atoms with E-state index in [-0.39, 0.29) is 35.5 Å². The van der Waals surface area contributed by atoms with Crippen molar-refractivity contribution >= 4 is 21.7 Å². The maximum Gasteiger partial charge on any atom is 0.270 e. The molecule has 4 aromatic rings. The van der Waals surface area contributed by atoms with Gasteiger partial charge in [-0.05, 0) is 42.2 Å². The molecular formula is C34H39N5O6S. The van der Waals surface area contributed by atoms with Gasteiger partial charge >= 0.3 is 0 Å². The number of likely N-dealkylation sites (tertiary alicyclic amines) is 1. The van der Waals surface area contributed by atoms with Gasteiger partial charge in [0.25, 0.3) is 5.91 Å². The molecule has 12 heteroatoms. The molecule has 5 rings (SSSR count). The Kier molecular flexibility index (Phi) is 10.3. The van der Waals surface area contributed by atoms with Crippen LogP contribution in [0, 0.1) is 12.8 Å². The van der Waals surface area contributed by atoms with Gasteiger partial charge in [-0.2, -0.15) is 5.10 Å². The van der Waals surface area contributed by atoms with E-state index in [4.69, 9.17) is 14.6 Å². The number of carbonyl (C=O) groups excluding carboxylic acids is 2. The van der Waals surface area contributed by atoms with E-state index < -0.39 is 15.9 Å². The van der Waals surface area contributed by atoms with Crippen molar-refractivity contribution in [3.05, 3.63) is 95.3 Å². The van der Waals surface area contributed by atoms with E-state index in [9.17, 15) is 18.0 Å². The minimum absolute atomic E-state index is 0.0236. The van der Waals surface area contributed by atoms with Gasteiger partial charge in [0.2, 0.25) is 15.9 Å². The fourth-order valence-electron chi connectivity index (χ4n) is 6.13. The smallest absolute Gasteiger partial charge is 0.270 e. The van der Waals surface area contributed by atoms with Crippen LogP contribution in [0.1, 0.15) is 39.5 Å². The van der Waals surface area contributed by atoms with Crippen LogP contribution in [0.15, 0.2) is 72.9 Å². The van der Waals surface area contributed by atoms with Crippen molar-refractivity contribution in [2.24, 2.45) is 5.92 Å². The summed E-state index contributed by atoms with van der Waals surface area (Å²) in [5.74, 6) is -0.397. The van der Waals surface area contributed by atoms with Crippen LogP contribution in [-0.4, -0.2) is 86.5 Å². The summed E-state index contributed by atoms with van der Waals surface area (Å²) in [4.78, 5) is 33.3. The van der Waals surface area contributed by atoms with Gasteiger partial charge in [0.1, 0.15) is 11.3 Å². The molecule has 1 fully saturated rings. The molecule has 0 radical (unpaired) electrons. The number of para-hydroxylation sites is 1. The minimum Gasteiger partial charge on any atom is -0.480 e. The quantitative estimate of drug-likeness (QED) is 0.231. The number of hydrogen-bond acceptors (Lipinski definition) is 9. The van der Waals surface area contributed by atoms with Crippen molar-refractivity contribution in [3.8, 4) is 22.8 Å². The zero-order valence-electron chi connectivity index (χ0n) is 26.5. The predicted molar refractivity (Wildman–Crippen MR) is 175 cm³/mol. The molecule has 1 aliphatic heterocycles. The molecule has 46 heavy (non-hydrogen) atoms. The SMILES string of the molecule is COCCN1C[C@@H](CC(=O)Cc2c(C)c(-c3cnc(OC)c(C(=O)NS(C)(=O)=O)c3)nn2-c2ccccc2)[C@H](c2ccccc2)C1. The molecule has 1 aliphatic rings. The third-order valence-corrected chi connectivity index (χ3v) is 8.85. The topological polar surface area (TPSA) is 133 Å². The second-order valence-corrected chi connectivity index (χ2v) is 13.3. The Morgan fingerprint density at radius 1 is 1.02 bits per heavy atom. The van der Waals surface area contributed by atoms with Gasteiger partial charge in [0.05, 0.1) is 37.0 Å². The highest BCUT2D eigenvalue weighted by Crippen LogP contribution is 2.36. The van der Waals surface area contributed by atoms with E-state index in [0.29, 0.717) is 24.3 Å². The number of aromatic nitrogens is 3. The number of ether oxygens (including phenoxy) is 2. The number of Topliss-reactive ketones (excluding diaryl/α,β-unsaturated/α-hetero) is 1. The van der Waals surface area contributed by atoms with Crippen molar-refractivity contribution in [2.45, 2.75) is 25.7 Å². The number of hydrogen-bond donors (Lipinski definition) is 1. The summed E-state index contributed by atoms with van der Waals surface area (Å²) >= 11 is 0. The lowest BCUT2D eigenvalue weighted by Crippen LogP contribution is -2.29. The van der Waals surface area contributed by atoms with Crippen LogP contribution >= 0.6 is 0 Å². The van der Waals surface area contributed by atoms with Crippen molar-refractivity contribution < 1.29 is 27.5 Å². The molecule has 0 aliphatic carbocycles. The van der Waals surface area contributed by atoms with Gasteiger partial charge in [-0.1, -0.05) is 48.5 Å². The van der Waals surface area contributed by atoms with Crippen LogP contribution in [0.2, 0.25) is 0 Å². The lowest BCUT2D eigenvalue weighted by atomic mass is 9.85. The molecule has 2 aromatic carbocycles. The fourth-order valence-corrected chi connectivity index (χ4v) is 6.57. The van der Waals surface area contributed by atoms with Crippen LogP contribution in [-0.2, 0) is 26.0 Å². The number of ketones is 1. The molecule has 2 aromatic heterocycles. The number of nitrogens with one attached hydrogen (secondary N) is 1. The van der Waals surface area contributed by atoms with Gasteiger partial charge in [-0.15, -0.1) is 0 Å².